The minimum atomic E-state index is -0.763. The zero-order chi connectivity index (χ0) is 12.7. The summed E-state index contributed by atoms with van der Waals surface area (Å²) in [6, 6.07) is 5.93. The summed E-state index contributed by atoms with van der Waals surface area (Å²) in [6.07, 6.45) is 0.862. The molecule has 4 nitrogen and oxygen atoms in total. The van der Waals surface area contributed by atoms with Crippen LogP contribution in [0.25, 0.3) is 0 Å². The van der Waals surface area contributed by atoms with E-state index in [-0.39, 0.29) is 12.0 Å². The van der Waals surface area contributed by atoms with Gasteiger partial charge in [-0.15, -0.1) is 0 Å². The molecule has 0 saturated carbocycles. The van der Waals surface area contributed by atoms with Gasteiger partial charge in [0.25, 0.3) is 0 Å². The Balaban J connectivity index is 2.06. The molecule has 3 atom stereocenters. The predicted octanol–water partition coefficient (Wildman–Crippen LogP) is 2.45. The van der Waals surface area contributed by atoms with Crippen LogP contribution < -0.4 is 5.32 Å². The highest BCUT2D eigenvalue weighted by Crippen LogP contribution is 2.42. The van der Waals surface area contributed by atoms with Crippen molar-refractivity contribution in [3.63, 3.8) is 0 Å². The van der Waals surface area contributed by atoms with E-state index >= 15 is 0 Å². The van der Waals surface area contributed by atoms with Crippen LogP contribution in [0, 0.1) is 5.92 Å². The van der Waals surface area contributed by atoms with Crippen molar-refractivity contribution >= 4 is 27.6 Å². The third-order valence-electron chi connectivity index (χ3n) is 3.79. The number of carboxylic acid groups (broad SMARTS) is 1. The van der Waals surface area contributed by atoms with Gasteiger partial charge in [-0.05, 0) is 24.1 Å². The van der Waals surface area contributed by atoms with Gasteiger partial charge in [0.15, 0.2) is 0 Å². The fourth-order valence-electron chi connectivity index (χ4n) is 2.94. The largest absolute Gasteiger partial charge is 0.481 e. The van der Waals surface area contributed by atoms with E-state index in [4.69, 9.17) is 4.74 Å². The molecule has 2 aliphatic heterocycles. The molecule has 0 bridgehead atoms. The third-order valence-corrected chi connectivity index (χ3v) is 4.28. The van der Waals surface area contributed by atoms with E-state index in [1.54, 1.807) is 0 Å². The summed E-state index contributed by atoms with van der Waals surface area (Å²) < 4.78 is 6.41. The number of ether oxygens (including phenoxy) is 1. The Bertz CT molecular complexity index is 491. The van der Waals surface area contributed by atoms with E-state index in [1.807, 2.05) is 18.2 Å². The van der Waals surface area contributed by atoms with Crippen molar-refractivity contribution in [2.24, 2.45) is 5.92 Å². The minimum absolute atomic E-state index is 0.0184. The van der Waals surface area contributed by atoms with Gasteiger partial charge < -0.3 is 15.2 Å². The van der Waals surface area contributed by atoms with Gasteiger partial charge in [0.2, 0.25) is 0 Å². The molecule has 1 fully saturated rings. The number of carbonyl (C=O) groups is 1. The van der Waals surface area contributed by atoms with Gasteiger partial charge >= 0.3 is 5.97 Å². The SMILES string of the molecule is O=C(O)C1c2ccc(Br)cc2NC2CCOCC21. The van der Waals surface area contributed by atoms with Crippen molar-refractivity contribution < 1.29 is 14.6 Å². The maximum atomic E-state index is 11.6. The molecule has 1 aromatic carbocycles. The Morgan fingerprint density at radius 1 is 1.50 bits per heavy atom. The van der Waals surface area contributed by atoms with E-state index in [0.29, 0.717) is 13.2 Å². The van der Waals surface area contributed by atoms with Crippen molar-refractivity contribution in [1.29, 1.82) is 0 Å². The minimum Gasteiger partial charge on any atom is -0.481 e. The standard InChI is InChI=1S/C13H14BrNO3/c14-7-1-2-8-11(5-7)15-10-3-4-18-6-9(10)12(8)13(16)17/h1-2,5,9-10,12,15H,3-4,6H2,(H,16,17). The summed E-state index contributed by atoms with van der Waals surface area (Å²) in [5.74, 6) is -1.22. The summed E-state index contributed by atoms with van der Waals surface area (Å²) in [4.78, 5) is 11.6. The number of benzene rings is 1. The molecule has 0 radical (unpaired) electrons. The van der Waals surface area contributed by atoms with Crippen LogP contribution in [0.4, 0.5) is 5.69 Å². The number of hydrogen-bond acceptors (Lipinski definition) is 3. The van der Waals surface area contributed by atoms with Crippen LogP contribution in [0.15, 0.2) is 22.7 Å². The Hall–Kier alpha value is -1.07. The number of fused-ring (bicyclic) bond motifs is 2. The molecule has 96 valence electrons. The van der Waals surface area contributed by atoms with Crippen molar-refractivity contribution in [3.05, 3.63) is 28.2 Å². The lowest BCUT2D eigenvalue weighted by atomic mass is 9.76. The average Bonchev–Trinajstić information content (AvgIpc) is 2.35. The second kappa shape index (κ2) is 4.55. The van der Waals surface area contributed by atoms with Gasteiger partial charge in [-0.1, -0.05) is 22.0 Å². The van der Waals surface area contributed by atoms with Gasteiger partial charge in [-0.2, -0.15) is 0 Å². The van der Waals surface area contributed by atoms with Crippen molar-refractivity contribution in [2.75, 3.05) is 18.5 Å². The predicted molar refractivity (Wildman–Crippen MR) is 70.9 cm³/mol. The number of hydrogen-bond donors (Lipinski definition) is 2. The van der Waals surface area contributed by atoms with E-state index in [9.17, 15) is 9.90 Å². The average molecular weight is 312 g/mol. The van der Waals surface area contributed by atoms with E-state index in [2.05, 4.69) is 21.2 Å². The van der Waals surface area contributed by atoms with Crippen LogP contribution in [0.1, 0.15) is 17.9 Å². The molecule has 3 rings (SSSR count). The second-order valence-electron chi connectivity index (χ2n) is 4.83. The molecule has 0 aromatic heterocycles. The highest BCUT2D eigenvalue weighted by molar-refractivity contribution is 9.10. The molecule has 1 aromatic rings. The lowest BCUT2D eigenvalue weighted by molar-refractivity contribution is -0.142. The molecule has 0 aliphatic carbocycles. The summed E-state index contributed by atoms with van der Waals surface area (Å²) >= 11 is 3.42. The number of anilines is 1. The first-order valence-electron chi connectivity index (χ1n) is 6.03. The quantitative estimate of drug-likeness (QED) is 0.836. The second-order valence-corrected chi connectivity index (χ2v) is 5.74. The lowest BCUT2D eigenvalue weighted by Crippen LogP contribution is -2.46. The van der Waals surface area contributed by atoms with E-state index in [0.717, 1.165) is 22.1 Å². The number of nitrogens with one attached hydrogen (secondary N) is 1. The molecule has 0 spiro atoms. The number of aliphatic carboxylic acids is 1. The van der Waals surface area contributed by atoms with Crippen molar-refractivity contribution in [3.8, 4) is 0 Å². The summed E-state index contributed by atoms with van der Waals surface area (Å²) in [5, 5.41) is 12.9. The highest BCUT2D eigenvalue weighted by atomic mass is 79.9. The third kappa shape index (κ3) is 1.91. The van der Waals surface area contributed by atoms with Gasteiger partial charge in [0.1, 0.15) is 0 Å². The molecular formula is C13H14BrNO3. The van der Waals surface area contributed by atoms with Gasteiger partial charge in [0.05, 0.1) is 12.5 Å². The molecular weight excluding hydrogens is 298 g/mol. The van der Waals surface area contributed by atoms with Crippen molar-refractivity contribution in [2.45, 2.75) is 18.4 Å². The Morgan fingerprint density at radius 3 is 3.11 bits per heavy atom. The Kier molecular flexibility index (Phi) is 3.03. The summed E-state index contributed by atoms with van der Waals surface area (Å²) in [5.41, 5.74) is 1.79. The highest BCUT2D eigenvalue weighted by Gasteiger charge is 2.42. The maximum absolute atomic E-state index is 11.6. The Labute approximate surface area is 113 Å². The van der Waals surface area contributed by atoms with Crippen LogP contribution in [0.3, 0.4) is 0 Å². The molecule has 2 N–H and O–H groups in total. The van der Waals surface area contributed by atoms with Crippen LogP contribution in [0.5, 0.6) is 0 Å². The summed E-state index contributed by atoms with van der Waals surface area (Å²) in [6.45, 7) is 1.22. The van der Waals surface area contributed by atoms with Gasteiger partial charge in [-0.3, -0.25) is 4.79 Å². The lowest BCUT2D eigenvalue weighted by Gasteiger charge is -2.41. The summed E-state index contributed by atoms with van der Waals surface area (Å²) in [7, 11) is 0. The topological polar surface area (TPSA) is 58.6 Å². The molecule has 5 heteroatoms. The first-order valence-corrected chi connectivity index (χ1v) is 6.82. The number of halogens is 1. The molecule has 1 saturated heterocycles. The smallest absolute Gasteiger partial charge is 0.311 e. The first kappa shape index (κ1) is 12.0. The van der Waals surface area contributed by atoms with Crippen LogP contribution >= 0.6 is 15.9 Å². The fourth-order valence-corrected chi connectivity index (χ4v) is 3.30. The van der Waals surface area contributed by atoms with Crippen LogP contribution in [-0.2, 0) is 9.53 Å². The van der Waals surface area contributed by atoms with Crippen LogP contribution in [-0.4, -0.2) is 30.3 Å². The Morgan fingerprint density at radius 2 is 2.33 bits per heavy atom. The fraction of sp³-hybridized carbons (Fsp3) is 0.462. The molecule has 3 unspecified atom stereocenters. The molecule has 0 amide bonds. The van der Waals surface area contributed by atoms with Crippen molar-refractivity contribution in [1.82, 2.24) is 0 Å². The first-order chi connectivity index (χ1) is 8.66. The van der Waals surface area contributed by atoms with Gasteiger partial charge in [0, 0.05) is 28.7 Å². The van der Waals surface area contributed by atoms with E-state index in [1.165, 1.54) is 0 Å². The monoisotopic (exact) mass is 311 g/mol. The molecule has 2 heterocycles. The molecule has 18 heavy (non-hydrogen) atoms. The zero-order valence-corrected chi connectivity index (χ0v) is 11.3. The van der Waals surface area contributed by atoms with E-state index < -0.39 is 11.9 Å². The zero-order valence-electron chi connectivity index (χ0n) is 9.73. The number of rotatable bonds is 1. The molecule has 2 aliphatic rings. The maximum Gasteiger partial charge on any atom is 0.311 e. The normalized spacial score (nSPS) is 29.9. The van der Waals surface area contributed by atoms with Gasteiger partial charge in [-0.25, -0.2) is 0 Å². The van der Waals surface area contributed by atoms with Crippen LogP contribution in [0.2, 0.25) is 0 Å². The number of carboxylic acids is 1.